The zero-order valence-electron chi connectivity index (χ0n) is 11.5. The van der Waals surface area contributed by atoms with Gasteiger partial charge in [0.1, 0.15) is 23.5 Å². The monoisotopic (exact) mass is 251 g/mol. The Bertz CT molecular complexity index is 439. The van der Waals surface area contributed by atoms with Crippen LogP contribution in [-0.2, 0) is 10.2 Å². The summed E-state index contributed by atoms with van der Waals surface area (Å²) in [6.45, 7) is 7.79. The lowest BCUT2D eigenvalue weighted by Gasteiger charge is -2.19. The number of nitrogens with zero attached hydrogens (tertiary/aromatic N) is 2. The summed E-state index contributed by atoms with van der Waals surface area (Å²) < 4.78 is 0. The molecule has 0 aliphatic rings. The van der Waals surface area contributed by atoms with Crippen molar-refractivity contribution >= 4 is 17.5 Å². The van der Waals surface area contributed by atoms with Gasteiger partial charge in [0.25, 0.3) is 0 Å². The van der Waals surface area contributed by atoms with Crippen LogP contribution in [0.25, 0.3) is 0 Å². The maximum Gasteiger partial charge on any atom is 0.239 e. The number of anilines is 2. The van der Waals surface area contributed by atoms with Crippen LogP contribution in [0.3, 0.4) is 0 Å². The number of carbonyl (C=O) groups excluding carboxylic acids is 1. The van der Waals surface area contributed by atoms with E-state index < -0.39 is 11.9 Å². The Morgan fingerprint density at radius 3 is 2.33 bits per heavy atom. The normalized spacial score (nSPS) is 12.9. The minimum absolute atomic E-state index is 0.167. The van der Waals surface area contributed by atoms with E-state index in [9.17, 15) is 4.79 Å². The summed E-state index contributed by atoms with van der Waals surface area (Å²) in [6, 6.07) is 1.27. The quantitative estimate of drug-likeness (QED) is 0.745. The first-order chi connectivity index (χ1) is 8.24. The van der Waals surface area contributed by atoms with Crippen molar-refractivity contribution in [3.05, 3.63) is 11.9 Å². The third-order valence-electron chi connectivity index (χ3n) is 2.44. The highest BCUT2D eigenvalue weighted by atomic mass is 16.1. The van der Waals surface area contributed by atoms with Gasteiger partial charge in [0.2, 0.25) is 5.91 Å². The highest BCUT2D eigenvalue weighted by molar-refractivity contribution is 5.82. The molecule has 1 amide bonds. The van der Waals surface area contributed by atoms with Crippen LogP contribution in [0.5, 0.6) is 0 Å². The summed E-state index contributed by atoms with van der Waals surface area (Å²) in [5, 5.41) is 5.94. The van der Waals surface area contributed by atoms with Crippen molar-refractivity contribution in [3.8, 4) is 0 Å². The van der Waals surface area contributed by atoms with Crippen LogP contribution in [-0.4, -0.2) is 29.0 Å². The second-order valence-corrected chi connectivity index (χ2v) is 5.23. The number of nitrogens with one attached hydrogen (secondary N) is 2. The average Bonchev–Trinajstić information content (AvgIpc) is 2.27. The number of amides is 1. The van der Waals surface area contributed by atoms with Gasteiger partial charge in [-0.1, -0.05) is 20.8 Å². The number of hydrogen-bond acceptors (Lipinski definition) is 5. The van der Waals surface area contributed by atoms with Gasteiger partial charge >= 0.3 is 0 Å². The van der Waals surface area contributed by atoms with Gasteiger partial charge in [-0.15, -0.1) is 0 Å². The second-order valence-electron chi connectivity index (χ2n) is 5.23. The second kappa shape index (κ2) is 5.20. The largest absolute Gasteiger partial charge is 0.373 e. The molecule has 0 saturated heterocycles. The van der Waals surface area contributed by atoms with E-state index >= 15 is 0 Å². The van der Waals surface area contributed by atoms with Crippen molar-refractivity contribution < 1.29 is 4.79 Å². The maximum absolute atomic E-state index is 11.0. The molecule has 0 aliphatic carbocycles. The summed E-state index contributed by atoms with van der Waals surface area (Å²) in [5.41, 5.74) is 5.05. The molecule has 0 bridgehead atoms. The number of primary amides is 1. The summed E-state index contributed by atoms with van der Waals surface area (Å²) >= 11 is 0. The van der Waals surface area contributed by atoms with Crippen LogP contribution in [0.15, 0.2) is 6.07 Å². The van der Waals surface area contributed by atoms with Gasteiger partial charge in [-0.25, -0.2) is 9.97 Å². The summed E-state index contributed by atoms with van der Waals surface area (Å²) in [6.07, 6.45) is 0. The number of rotatable bonds is 4. The van der Waals surface area contributed by atoms with Crippen molar-refractivity contribution in [3.63, 3.8) is 0 Å². The standard InChI is InChI=1S/C12H21N5O/c1-7(10(13)18)15-9-6-8(14-5)16-11(17-9)12(2,3)4/h6-7H,1-5H3,(H2,13,18)(H2,14,15,16,17). The van der Waals surface area contributed by atoms with Gasteiger partial charge in [0.05, 0.1) is 0 Å². The zero-order chi connectivity index (χ0) is 13.9. The van der Waals surface area contributed by atoms with Crippen LogP contribution in [0, 0.1) is 0 Å². The fourth-order valence-corrected chi connectivity index (χ4v) is 1.28. The first-order valence-corrected chi connectivity index (χ1v) is 5.87. The predicted molar refractivity (Wildman–Crippen MR) is 72.6 cm³/mol. The number of carbonyl (C=O) groups is 1. The number of hydrogen-bond donors (Lipinski definition) is 3. The van der Waals surface area contributed by atoms with Crippen LogP contribution in [0.2, 0.25) is 0 Å². The van der Waals surface area contributed by atoms with Crippen molar-refractivity contribution in [2.75, 3.05) is 17.7 Å². The summed E-state index contributed by atoms with van der Waals surface area (Å²) in [5.74, 6) is 1.57. The smallest absolute Gasteiger partial charge is 0.239 e. The molecule has 0 saturated carbocycles. The van der Waals surface area contributed by atoms with Crippen LogP contribution in [0.4, 0.5) is 11.6 Å². The van der Waals surface area contributed by atoms with Gasteiger partial charge in [-0.3, -0.25) is 4.79 Å². The molecule has 1 heterocycles. The van der Waals surface area contributed by atoms with Gasteiger partial charge in [0, 0.05) is 18.5 Å². The van der Waals surface area contributed by atoms with E-state index in [0.717, 1.165) is 0 Å². The fraction of sp³-hybridized carbons (Fsp3) is 0.583. The molecule has 4 N–H and O–H groups in total. The molecule has 0 aromatic carbocycles. The Morgan fingerprint density at radius 2 is 1.89 bits per heavy atom. The zero-order valence-corrected chi connectivity index (χ0v) is 11.5. The topological polar surface area (TPSA) is 92.9 Å². The molecule has 6 heteroatoms. The van der Waals surface area contributed by atoms with E-state index in [1.54, 1.807) is 20.0 Å². The Labute approximate surface area is 107 Å². The molecule has 1 aromatic heterocycles. The molecule has 0 spiro atoms. The molecule has 1 aromatic rings. The van der Waals surface area contributed by atoms with Crippen molar-refractivity contribution in [1.82, 2.24) is 9.97 Å². The molecule has 0 aliphatic heterocycles. The van der Waals surface area contributed by atoms with E-state index in [4.69, 9.17) is 5.73 Å². The third kappa shape index (κ3) is 3.58. The fourth-order valence-electron chi connectivity index (χ4n) is 1.28. The Balaban J connectivity index is 3.09. The first kappa shape index (κ1) is 14.2. The molecule has 0 fully saturated rings. The highest BCUT2D eigenvalue weighted by Gasteiger charge is 2.19. The molecular weight excluding hydrogens is 230 g/mol. The lowest BCUT2D eigenvalue weighted by atomic mass is 9.96. The Morgan fingerprint density at radius 1 is 1.33 bits per heavy atom. The molecule has 1 atom stereocenters. The van der Waals surface area contributed by atoms with Gasteiger partial charge in [-0.2, -0.15) is 0 Å². The average molecular weight is 251 g/mol. The van der Waals surface area contributed by atoms with E-state index in [-0.39, 0.29) is 5.41 Å². The van der Waals surface area contributed by atoms with E-state index in [0.29, 0.717) is 17.5 Å². The van der Waals surface area contributed by atoms with Gasteiger partial charge in [0.15, 0.2) is 0 Å². The van der Waals surface area contributed by atoms with Crippen LogP contribution < -0.4 is 16.4 Å². The number of aromatic nitrogens is 2. The summed E-state index contributed by atoms with van der Waals surface area (Å²) in [7, 11) is 1.79. The highest BCUT2D eigenvalue weighted by Crippen LogP contribution is 2.22. The minimum Gasteiger partial charge on any atom is -0.373 e. The molecule has 6 nitrogen and oxygen atoms in total. The third-order valence-corrected chi connectivity index (χ3v) is 2.44. The molecule has 100 valence electrons. The molecule has 0 radical (unpaired) electrons. The van der Waals surface area contributed by atoms with Crippen molar-refractivity contribution in [2.24, 2.45) is 5.73 Å². The maximum atomic E-state index is 11.0. The van der Waals surface area contributed by atoms with Gasteiger partial charge < -0.3 is 16.4 Å². The Hall–Kier alpha value is -1.85. The first-order valence-electron chi connectivity index (χ1n) is 5.87. The van der Waals surface area contributed by atoms with Crippen LogP contribution in [0.1, 0.15) is 33.5 Å². The molecular formula is C12H21N5O. The predicted octanol–water partition coefficient (Wildman–Crippen LogP) is 1.10. The van der Waals surface area contributed by atoms with Crippen LogP contribution >= 0.6 is 0 Å². The minimum atomic E-state index is -0.475. The molecule has 1 rings (SSSR count). The molecule has 1 unspecified atom stereocenters. The van der Waals surface area contributed by atoms with E-state index in [1.165, 1.54) is 0 Å². The van der Waals surface area contributed by atoms with E-state index in [2.05, 4.69) is 20.6 Å². The summed E-state index contributed by atoms with van der Waals surface area (Å²) in [4.78, 5) is 19.8. The number of nitrogens with two attached hydrogens (primary N) is 1. The Kier molecular flexibility index (Phi) is 4.11. The van der Waals surface area contributed by atoms with Crippen molar-refractivity contribution in [2.45, 2.75) is 39.2 Å². The van der Waals surface area contributed by atoms with Gasteiger partial charge in [-0.05, 0) is 6.92 Å². The van der Waals surface area contributed by atoms with E-state index in [1.807, 2.05) is 20.8 Å². The van der Waals surface area contributed by atoms with Crippen molar-refractivity contribution in [1.29, 1.82) is 0 Å². The lowest BCUT2D eigenvalue weighted by molar-refractivity contribution is -0.118. The molecule has 18 heavy (non-hydrogen) atoms. The SMILES string of the molecule is CNc1cc(NC(C)C(N)=O)nc(C(C)(C)C)n1. The lowest BCUT2D eigenvalue weighted by Crippen LogP contribution is -2.33.